The molecule has 0 fully saturated rings. The zero-order chi connectivity index (χ0) is 13.1. The summed E-state index contributed by atoms with van der Waals surface area (Å²) in [6.45, 7) is 0. The van der Waals surface area contributed by atoms with E-state index in [0.717, 1.165) is 0 Å². The van der Waals surface area contributed by atoms with Crippen LogP contribution in [-0.2, 0) is 0 Å². The number of aromatic nitrogens is 2. The summed E-state index contributed by atoms with van der Waals surface area (Å²) >= 11 is 3.14. The number of carbonyl (C=O) groups excluding carboxylic acids is 1. The minimum absolute atomic E-state index is 0.127. The van der Waals surface area contributed by atoms with Crippen LogP contribution in [0.25, 0.3) is 0 Å². The van der Waals surface area contributed by atoms with Crippen LogP contribution in [0.15, 0.2) is 41.4 Å². The monoisotopic (exact) mass is 310 g/mol. The van der Waals surface area contributed by atoms with Gasteiger partial charge < -0.3 is 5.32 Å². The molecular formula is C10H7BrN4O3. The highest BCUT2D eigenvalue weighted by molar-refractivity contribution is 9.10. The van der Waals surface area contributed by atoms with Gasteiger partial charge in [0.25, 0.3) is 5.69 Å². The molecule has 0 aliphatic rings. The molecular weight excluding hydrogens is 304 g/mol. The first-order valence-electron chi connectivity index (χ1n) is 4.81. The number of halogens is 1. The Morgan fingerprint density at radius 3 is 2.89 bits per heavy atom. The van der Waals surface area contributed by atoms with Gasteiger partial charge in [-0.1, -0.05) is 15.9 Å². The van der Waals surface area contributed by atoms with Crippen LogP contribution in [0.5, 0.6) is 0 Å². The Morgan fingerprint density at radius 2 is 2.28 bits per heavy atom. The maximum atomic E-state index is 11.7. The van der Waals surface area contributed by atoms with Crippen molar-refractivity contribution < 1.29 is 9.72 Å². The predicted octanol–water partition coefficient (Wildman–Crippen LogP) is 2.63. The van der Waals surface area contributed by atoms with Crippen LogP contribution in [0.4, 0.5) is 16.2 Å². The molecule has 0 bridgehead atoms. The lowest BCUT2D eigenvalue weighted by atomic mass is 10.3. The zero-order valence-electron chi connectivity index (χ0n) is 8.91. The van der Waals surface area contributed by atoms with Crippen molar-refractivity contribution in [3.63, 3.8) is 0 Å². The fourth-order valence-corrected chi connectivity index (χ4v) is 1.67. The van der Waals surface area contributed by atoms with Gasteiger partial charge in [-0.25, -0.2) is 9.78 Å². The third-order valence-electron chi connectivity index (χ3n) is 2.14. The molecule has 0 aliphatic carbocycles. The van der Waals surface area contributed by atoms with E-state index >= 15 is 0 Å². The number of hydrogen-bond donors (Lipinski definition) is 1. The van der Waals surface area contributed by atoms with E-state index in [0.29, 0.717) is 4.47 Å². The predicted molar refractivity (Wildman–Crippen MR) is 67.4 cm³/mol. The minimum atomic E-state index is -0.561. The molecule has 0 saturated heterocycles. The number of carbonyl (C=O) groups is 1. The summed E-state index contributed by atoms with van der Waals surface area (Å²) in [5, 5.41) is 13.3. The second kappa shape index (κ2) is 4.96. The Balaban J connectivity index is 2.29. The van der Waals surface area contributed by atoms with Crippen molar-refractivity contribution in [2.45, 2.75) is 0 Å². The highest BCUT2D eigenvalue weighted by atomic mass is 79.9. The van der Waals surface area contributed by atoms with Crippen LogP contribution >= 0.6 is 15.9 Å². The fraction of sp³-hybridized carbons (Fsp3) is 0. The van der Waals surface area contributed by atoms with Crippen LogP contribution in [0, 0.1) is 10.1 Å². The largest absolute Gasteiger partial charge is 0.331 e. The molecule has 0 unspecified atom stereocenters. The van der Waals surface area contributed by atoms with Crippen molar-refractivity contribution in [2.75, 3.05) is 5.32 Å². The van der Waals surface area contributed by atoms with Gasteiger partial charge in [0.05, 0.1) is 4.92 Å². The normalized spacial score (nSPS) is 10.1. The molecule has 2 aromatic rings. The molecule has 7 nitrogen and oxygen atoms in total. The summed E-state index contributed by atoms with van der Waals surface area (Å²) in [7, 11) is 0. The maximum absolute atomic E-state index is 11.7. The van der Waals surface area contributed by atoms with Gasteiger partial charge in [-0.05, 0) is 12.1 Å². The first kappa shape index (κ1) is 12.2. The third-order valence-corrected chi connectivity index (χ3v) is 2.63. The number of nitro groups is 1. The number of nitrogens with zero attached hydrogens (tertiary/aromatic N) is 3. The van der Waals surface area contributed by atoms with E-state index in [4.69, 9.17) is 0 Å². The number of nitro benzene ring substituents is 1. The van der Waals surface area contributed by atoms with E-state index < -0.39 is 11.0 Å². The highest BCUT2D eigenvalue weighted by Crippen LogP contribution is 2.27. The van der Waals surface area contributed by atoms with Gasteiger partial charge in [-0.3, -0.25) is 14.7 Å². The van der Waals surface area contributed by atoms with E-state index in [-0.39, 0.29) is 11.4 Å². The molecule has 0 aliphatic heterocycles. The topological polar surface area (TPSA) is 90.1 Å². The average molecular weight is 311 g/mol. The maximum Gasteiger partial charge on any atom is 0.331 e. The van der Waals surface area contributed by atoms with Crippen LogP contribution in [0.1, 0.15) is 0 Å². The van der Waals surface area contributed by atoms with E-state index in [1.165, 1.54) is 35.4 Å². The molecule has 92 valence electrons. The number of benzene rings is 1. The van der Waals surface area contributed by atoms with E-state index in [1.54, 1.807) is 6.07 Å². The van der Waals surface area contributed by atoms with Gasteiger partial charge in [-0.15, -0.1) is 0 Å². The summed E-state index contributed by atoms with van der Waals surface area (Å²) < 4.78 is 1.75. The Kier molecular flexibility index (Phi) is 3.38. The molecule has 1 aromatic carbocycles. The average Bonchev–Trinajstić information content (AvgIpc) is 2.84. The quantitative estimate of drug-likeness (QED) is 0.682. The zero-order valence-corrected chi connectivity index (χ0v) is 10.5. The van der Waals surface area contributed by atoms with Crippen LogP contribution in [-0.4, -0.2) is 20.5 Å². The molecule has 1 amide bonds. The molecule has 18 heavy (non-hydrogen) atoms. The third kappa shape index (κ3) is 2.54. The summed E-state index contributed by atoms with van der Waals surface area (Å²) in [5.74, 6) is 0. The van der Waals surface area contributed by atoms with Crippen molar-refractivity contribution >= 4 is 33.3 Å². The molecule has 8 heteroatoms. The number of rotatable bonds is 2. The molecule has 2 rings (SSSR count). The van der Waals surface area contributed by atoms with Gasteiger partial charge >= 0.3 is 6.03 Å². The summed E-state index contributed by atoms with van der Waals surface area (Å²) in [6, 6.07) is 3.87. The number of hydrogen-bond acceptors (Lipinski definition) is 4. The lowest BCUT2D eigenvalue weighted by Crippen LogP contribution is -2.18. The summed E-state index contributed by atoms with van der Waals surface area (Å²) in [5.41, 5.74) is -0.0558. The molecule has 0 atom stereocenters. The van der Waals surface area contributed by atoms with Crippen molar-refractivity contribution in [2.24, 2.45) is 0 Å². The highest BCUT2D eigenvalue weighted by Gasteiger charge is 2.16. The van der Waals surface area contributed by atoms with Gasteiger partial charge in [0.2, 0.25) is 0 Å². The van der Waals surface area contributed by atoms with Crippen LogP contribution < -0.4 is 5.32 Å². The second-order valence-electron chi connectivity index (χ2n) is 3.32. The number of anilines is 1. The summed E-state index contributed by atoms with van der Waals surface area (Å²) in [6.07, 6.45) is 4.19. The van der Waals surface area contributed by atoms with Crippen LogP contribution in [0.3, 0.4) is 0 Å². The Labute approximate surface area is 110 Å². The molecule has 1 aromatic heterocycles. The Morgan fingerprint density at radius 1 is 1.50 bits per heavy atom. The first-order chi connectivity index (χ1) is 8.58. The van der Waals surface area contributed by atoms with Gasteiger partial charge in [0.1, 0.15) is 12.0 Å². The van der Waals surface area contributed by atoms with Crippen molar-refractivity contribution in [3.05, 3.63) is 51.5 Å². The molecule has 1 N–H and O–H groups in total. The SMILES string of the molecule is O=C(Nc1ccc(Br)cc1[N+](=O)[O-])n1ccnc1. The smallest absolute Gasteiger partial charge is 0.301 e. The number of imidazole rings is 1. The lowest BCUT2D eigenvalue weighted by Gasteiger charge is -2.06. The lowest BCUT2D eigenvalue weighted by molar-refractivity contribution is -0.384. The van der Waals surface area contributed by atoms with Crippen molar-refractivity contribution in [1.82, 2.24) is 9.55 Å². The van der Waals surface area contributed by atoms with Gasteiger partial charge in [-0.2, -0.15) is 0 Å². The standard InChI is InChI=1S/C10H7BrN4O3/c11-7-1-2-8(9(5-7)15(17)18)13-10(16)14-4-3-12-6-14/h1-6H,(H,13,16). The fourth-order valence-electron chi connectivity index (χ4n) is 1.32. The second-order valence-corrected chi connectivity index (χ2v) is 4.23. The number of nitrogens with one attached hydrogen (secondary N) is 1. The van der Waals surface area contributed by atoms with E-state index in [2.05, 4.69) is 26.2 Å². The molecule has 0 saturated carbocycles. The van der Waals surface area contributed by atoms with Crippen molar-refractivity contribution in [1.29, 1.82) is 0 Å². The van der Waals surface area contributed by atoms with E-state index in [1.807, 2.05) is 0 Å². The number of amides is 1. The summed E-state index contributed by atoms with van der Waals surface area (Å²) in [4.78, 5) is 25.7. The van der Waals surface area contributed by atoms with Crippen molar-refractivity contribution in [3.8, 4) is 0 Å². The van der Waals surface area contributed by atoms with Crippen LogP contribution in [0.2, 0.25) is 0 Å². The molecule has 0 spiro atoms. The van der Waals surface area contributed by atoms with E-state index in [9.17, 15) is 14.9 Å². The minimum Gasteiger partial charge on any atom is -0.301 e. The Hall–Kier alpha value is -2.22. The van der Waals surface area contributed by atoms with Gasteiger partial charge in [0.15, 0.2) is 0 Å². The molecule has 0 radical (unpaired) electrons. The Bertz CT molecular complexity index is 597. The first-order valence-corrected chi connectivity index (χ1v) is 5.60. The molecule has 1 heterocycles. The van der Waals surface area contributed by atoms with Gasteiger partial charge in [0, 0.05) is 22.9 Å².